The quantitative estimate of drug-likeness (QED) is 0.661. The van der Waals surface area contributed by atoms with Crippen LogP contribution in [0, 0.1) is 17.7 Å². The van der Waals surface area contributed by atoms with Gasteiger partial charge in [-0.05, 0) is 61.3 Å². The zero-order valence-electron chi connectivity index (χ0n) is 16.7. The molecule has 3 aliphatic rings. The Morgan fingerprint density at radius 1 is 1.17 bits per heavy atom. The summed E-state index contributed by atoms with van der Waals surface area (Å²) < 4.78 is 53.9. The van der Waals surface area contributed by atoms with Crippen molar-refractivity contribution in [2.45, 2.75) is 70.3 Å². The molecule has 4 atom stereocenters. The summed E-state index contributed by atoms with van der Waals surface area (Å²) in [7, 11) is 0. The second kappa shape index (κ2) is 7.89. The molecule has 0 aromatic heterocycles. The fourth-order valence-corrected chi connectivity index (χ4v) is 5.88. The zero-order chi connectivity index (χ0) is 20.8. The first kappa shape index (κ1) is 20.6. The minimum atomic E-state index is -4.49. The molecular weight excluding hydrogens is 384 g/mol. The van der Waals surface area contributed by atoms with E-state index in [1.165, 1.54) is 0 Å². The van der Waals surface area contributed by atoms with Crippen LogP contribution in [0.3, 0.4) is 0 Å². The van der Waals surface area contributed by atoms with Crippen molar-refractivity contribution in [3.8, 4) is 0 Å². The fourth-order valence-electron chi connectivity index (χ4n) is 5.88. The number of rotatable bonds is 4. The van der Waals surface area contributed by atoms with Crippen molar-refractivity contribution >= 4 is 5.91 Å². The van der Waals surface area contributed by atoms with Gasteiger partial charge in [-0.2, -0.15) is 13.2 Å². The van der Waals surface area contributed by atoms with Crippen LogP contribution in [0.15, 0.2) is 18.2 Å². The smallest absolute Gasteiger partial charge is 0.336 e. The zero-order valence-corrected chi connectivity index (χ0v) is 16.7. The molecule has 0 radical (unpaired) electrons. The molecule has 29 heavy (non-hydrogen) atoms. The molecule has 4 rings (SSSR count). The normalized spacial score (nSPS) is 30.4. The fraction of sp³-hybridized carbons (Fsp3) is 0.682. The highest BCUT2D eigenvalue weighted by molar-refractivity contribution is 5.78. The summed E-state index contributed by atoms with van der Waals surface area (Å²) >= 11 is 0. The minimum absolute atomic E-state index is 0.00101. The van der Waals surface area contributed by atoms with E-state index >= 15 is 0 Å². The summed E-state index contributed by atoms with van der Waals surface area (Å²) in [6.07, 6.45) is 0.924. The van der Waals surface area contributed by atoms with E-state index in [0.29, 0.717) is 19.5 Å². The van der Waals surface area contributed by atoms with Crippen molar-refractivity contribution in [2.75, 3.05) is 13.1 Å². The monoisotopic (exact) mass is 412 g/mol. The van der Waals surface area contributed by atoms with Crippen molar-refractivity contribution in [3.05, 3.63) is 35.1 Å². The number of likely N-dealkylation sites (tertiary alicyclic amines) is 1. The average molecular weight is 412 g/mol. The summed E-state index contributed by atoms with van der Waals surface area (Å²) in [6.45, 7) is 3.53. The van der Waals surface area contributed by atoms with E-state index in [4.69, 9.17) is 0 Å². The molecule has 0 spiro atoms. The van der Waals surface area contributed by atoms with Gasteiger partial charge in [0.25, 0.3) is 0 Å². The first-order valence-corrected chi connectivity index (χ1v) is 10.7. The third kappa shape index (κ3) is 4.03. The number of amides is 1. The Balaban J connectivity index is 1.58. The van der Waals surface area contributed by atoms with Gasteiger partial charge in [-0.15, -0.1) is 0 Å². The van der Waals surface area contributed by atoms with Gasteiger partial charge >= 0.3 is 6.18 Å². The van der Waals surface area contributed by atoms with Crippen LogP contribution in [-0.2, 0) is 17.5 Å². The molecule has 0 N–H and O–H groups in total. The lowest BCUT2D eigenvalue weighted by Crippen LogP contribution is -2.64. The van der Waals surface area contributed by atoms with Gasteiger partial charge in [0.15, 0.2) is 0 Å². The number of halogens is 4. The molecule has 0 unspecified atom stereocenters. The maximum absolute atomic E-state index is 13.7. The van der Waals surface area contributed by atoms with Gasteiger partial charge in [-0.25, -0.2) is 4.39 Å². The third-order valence-corrected chi connectivity index (χ3v) is 6.92. The maximum Gasteiger partial charge on any atom is 0.416 e. The van der Waals surface area contributed by atoms with Gasteiger partial charge < -0.3 is 4.90 Å². The summed E-state index contributed by atoms with van der Waals surface area (Å²) in [5.41, 5.74) is -0.754. The molecule has 1 amide bonds. The Kier molecular flexibility index (Phi) is 5.62. The van der Waals surface area contributed by atoms with Gasteiger partial charge in [-0.1, -0.05) is 13.3 Å². The number of alkyl halides is 3. The SMILES string of the molecule is CCC[C@H]1[C@H]2C[C@H](CN(Cc3cc(F)ccc3C(F)(F)F)C2)[C@@H]2CCCC(=O)N21. The molecule has 1 aromatic carbocycles. The second-order valence-electron chi connectivity index (χ2n) is 8.87. The summed E-state index contributed by atoms with van der Waals surface area (Å²) in [6, 6.07) is 3.11. The van der Waals surface area contributed by atoms with Crippen LogP contribution in [0.1, 0.15) is 56.6 Å². The molecule has 2 bridgehead atoms. The summed E-state index contributed by atoms with van der Waals surface area (Å²) in [5.74, 6) is 0.161. The van der Waals surface area contributed by atoms with E-state index in [1.807, 2.05) is 0 Å². The molecule has 1 aromatic rings. The highest BCUT2D eigenvalue weighted by Crippen LogP contribution is 2.43. The Labute approximate surface area is 169 Å². The number of benzene rings is 1. The van der Waals surface area contributed by atoms with Gasteiger partial charge in [0.1, 0.15) is 5.82 Å². The predicted molar refractivity (Wildman–Crippen MR) is 101 cm³/mol. The maximum atomic E-state index is 13.7. The standard InChI is InChI=1S/C22H28F4N2O/c1-2-4-19-15-9-16(20-5-3-6-21(29)28(19)20)13-27(12-15)11-14-10-17(23)7-8-18(14)22(24,25)26/h7-8,10,15-16,19-20H,2-6,9,11-13H2,1H3/t15-,16+,19-,20-/m0/s1. The van der Waals surface area contributed by atoms with Crippen LogP contribution in [0.4, 0.5) is 17.6 Å². The van der Waals surface area contributed by atoms with Crippen molar-refractivity contribution in [1.82, 2.24) is 9.80 Å². The number of nitrogens with zero attached hydrogens (tertiary/aromatic N) is 2. The van der Waals surface area contributed by atoms with Gasteiger partial charge in [-0.3, -0.25) is 9.69 Å². The van der Waals surface area contributed by atoms with Crippen molar-refractivity contribution < 1.29 is 22.4 Å². The molecule has 3 saturated heterocycles. The third-order valence-electron chi connectivity index (χ3n) is 6.92. The highest BCUT2D eigenvalue weighted by atomic mass is 19.4. The number of fused-ring (bicyclic) bond motifs is 4. The highest BCUT2D eigenvalue weighted by Gasteiger charge is 2.49. The van der Waals surface area contributed by atoms with Crippen LogP contribution < -0.4 is 0 Å². The van der Waals surface area contributed by atoms with Gasteiger partial charge in [0.2, 0.25) is 5.91 Å². The Hall–Kier alpha value is -1.63. The average Bonchev–Trinajstić information content (AvgIpc) is 2.64. The largest absolute Gasteiger partial charge is 0.416 e. The molecule has 3 heterocycles. The number of carbonyl (C=O) groups excluding carboxylic acids is 1. The van der Waals surface area contributed by atoms with E-state index in [9.17, 15) is 22.4 Å². The molecule has 0 aliphatic carbocycles. The lowest BCUT2D eigenvalue weighted by atomic mass is 9.71. The summed E-state index contributed by atoms with van der Waals surface area (Å²) in [5, 5.41) is 0. The van der Waals surface area contributed by atoms with Crippen molar-refractivity contribution in [2.24, 2.45) is 11.8 Å². The van der Waals surface area contributed by atoms with E-state index in [-0.39, 0.29) is 41.9 Å². The molecular formula is C22H28F4N2O. The predicted octanol–water partition coefficient (Wildman–Crippen LogP) is 4.85. The van der Waals surface area contributed by atoms with Gasteiger partial charge in [0, 0.05) is 38.1 Å². The number of piperidine rings is 3. The van der Waals surface area contributed by atoms with Gasteiger partial charge in [0.05, 0.1) is 5.56 Å². The van der Waals surface area contributed by atoms with Crippen molar-refractivity contribution in [1.29, 1.82) is 0 Å². The number of hydrogen-bond acceptors (Lipinski definition) is 2. The Morgan fingerprint density at radius 3 is 2.66 bits per heavy atom. The molecule has 7 heteroatoms. The van der Waals surface area contributed by atoms with E-state index in [2.05, 4.69) is 16.7 Å². The lowest BCUT2D eigenvalue weighted by Gasteiger charge is -2.57. The summed E-state index contributed by atoms with van der Waals surface area (Å²) in [4.78, 5) is 16.8. The molecule has 3 aliphatic heterocycles. The van der Waals surface area contributed by atoms with E-state index in [0.717, 1.165) is 50.3 Å². The second-order valence-corrected chi connectivity index (χ2v) is 8.87. The first-order chi connectivity index (χ1) is 13.8. The van der Waals surface area contributed by atoms with Crippen LogP contribution in [0.2, 0.25) is 0 Å². The Morgan fingerprint density at radius 2 is 1.93 bits per heavy atom. The minimum Gasteiger partial charge on any atom is -0.336 e. The van der Waals surface area contributed by atoms with Crippen LogP contribution >= 0.6 is 0 Å². The topological polar surface area (TPSA) is 23.6 Å². The van der Waals surface area contributed by atoms with Crippen LogP contribution in [0.5, 0.6) is 0 Å². The molecule has 0 saturated carbocycles. The Bertz CT molecular complexity index is 766. The molecule has 3 nitrogen and oxygen atoms in total. The van der Waals surface area contributed by atoms with Crippen LogP contribution in [0.25, 0.3) is 0 Å². The van der Waals surface area contributed by atoms with E-state index < -0.39 is 17.6 Å². The van der Waals surface area contributed by atoms with E-state index in [1.54, 1.807) is 0 Å². The van der Waals surface area contributed by atoms with Crippen molar-refractivity contribution in [3.63, 3.8) is 0 Å². The lowest BCUT2D eigenvalue weighted by molar-refractivity contribution is -0.153. The molecule has 3 fully saturated rings. The first-order valence-electron chi connectivity index (χ1n) is 10.7. The van der Waals surface area contributed by atoms with Crippen LogP contribution in [-0.4, -0.2) is 40.9 Å². The number of carbonyl (C=O) groups is 1. The number of hydrogen-bond donors (Lipinski definition) is 0. The molecule has 160 valence electrons.